The Hall–Kier alpha value is -3.56. The number of benzene rings is 3. The molecule has 2 N–H and O–H groups in total. The Bertz CT molecular complexity index is 1280. The number of hydrogen-bond donors (Lipinski definition) is 2. The standard InChI is InChI=1S/C24H23ClN2O6S/c1-3-32-24(29)17-4-8-19(9-5-17)26-23(28)15-33-22-13-12-21(14-16(22)2)34(30,31)27-20-10-6-18(25)7-11-20/h4-14,27H,3,15H2,1-2H3,(H,26,28). The fraction of sp³-hybridized carbons (Fsp3) is 0.167. The molecule has 0 aromatic heterocycles. The van der Waals surface area contributed by atoms with Crippen molar-refractivity contribution in [1.82, 2.24) is 0 Å². The molecule has 0 atom stereocenters. The molecule has 0 aliphatic rings. The third-order valence-electron chi connectivity index (χ3n) is 4.59. The highest BCUT2D eigenvalue weighted by Crippen LogP contribution is 2.24. The molecule has 0 aliphatic heterocycles. The third kappa shape index (κ3) is 6.72. The van der Waals surface area contributed by atoms with Gasteiger partial charge >= 0.3 is 5.97 Å². The van der Waals surface area contributed by atoms with Gasteiger partial charge in [0.2, 0.25) is 0 Å². The molecule has 0 spiro atoms. The smallest absolute Gasteiger partial charge is 0.338 e. The molecule has 34 heavy (non-hydrogen) atoms. The van der Waals surface area contributed by atoms with Gasteiger partial charge in [-0.05, 0) is 86.1 Å². The van der Waals surface area contributed by atoms with Gasteiger partial charge in [0.05, 0.1) is 17.1 Å². The maximum absolute atomic E-state index is 12.6. The fourth-order valence-corrected chi connectivity index (χ4v) is 4.20. The van der Waals surface area contributed by atoms with Crippen LogP contribution in [0.2, 0.25) is 5.02 Å². The van der Waals surface area contributed by atoms with Crippen LogP contribution in [0.25, 0.3) is 0 Å². The maximum Gasteiger partial charge on any atom is 0.338 e. The number of carbonyl (C=O) groups is 2. The molecule has 0 bridgehead atoms. The van der Waals surface area contributed by atoms with E-state index in [1.54, 1.807) is 62.4 Å². The quantitative estimate of drug-likeness (QED) is 0.412. The Balaban J connectivity index is 1.58. The topological polar surface area (TPSA) is 111 Å². The number of halogens is 1. The van der Waals surface area contributed by atoms with Crippen LogP contribution in [0, 0.1) is 6.92 Å². The summed E-state index contributed by atoms with van der Waals surface area (Å²) in [7, 11) is -3.81. The number of carbonyl (C=O) groups excluding carboxylic acids is 2. The molecular formula is C24H23ClN2O6S. The van der Waals surface area contributed by atoms with Crippen LogP contribution in [0.15, 0.2) is 71.6 Å². The molecule has 0 aliphatic carbocycles. The van der Waals surface area contributed by atoms with E-state index in [-0.39, 0.29) is 18.1 Å². The van der Waals surface area contributed by atoms with Crippen LogP contribution in [0.4, 0.5) is 11.4 Å². The number of hydrogen-bond acceptors (Lipinski definition) is 6. The van der Waals surface area contributed by atoms with Gasteiger partial charge in [-0.25, -0.2) is 13.2 Å². The molecule has 0 saturated heterocycles. The van der Waals surface area contributed by atoms with E-state index in [1.807, 2.05) is 0 Å². The Labute approximate surface area is 202 Å². The van der Waals surface area contributed by atoms with Crippen molar-refractivity contribution in [2.45, 2.75) is 18.7 Å². The molecule has 0 radical (unpaired) electrons. The number of esters is 1. The van der Waals surface area contributed by atoms with Crippen molar-refractivity contribution in [2.24, 2.45) is 0 Å². The molecule has 3 aromatic carbocycles. The molecule has 1 amide bonds. The fourth-order valence-electron chi connectivity index (χ4n) is 2.93. The molecule has 10 heteroatoms. The largest absolute Gasteiger partial charge is 0.483 e. The second-order valence-corrected chi connectivity index (χ2v) is 9.29. The summed E-state index contributed by atoms with van der Waals surface area (Å²) in [6.45, 7) is 3.40. The van der Waals surface area contributed by atoms with Crippen molar-refractivity contribution >= 4 is 44.9 Å². The Kier molecular flexibility index (Phi) is 8.14. The lowest BCUT2D eigenvalue weighted by molar-refractivity contribution is -0.118. The van der Waals surface area contributed by atoms with Crippen molar-refractivity contribution in [3.63, 3.8) is 0 Å². The van der Waals surface area contributed by atoms with Crippen molar-refractivity contribution in [3.05, 3.63) is 82.9 Å². The van der Waals surface area contributed by atoms with Crippen LogP contribution in [0.5, 0.6) is 5.75 Å². The lowest BCUT2D eigenvalue weighted by atomic mass is 10.2. The lowest BCUT2D eigenvalue weighted by Crippen LogP contribution is -2.20. The van der Waals surface area contributed by atoms with Crippen molar-refractivity contribution in [2.75, 3.05) is 23.3 Å². The van der Waals surface area contributed by atoms with Crippen molar-refractivity contribution in [3.8, 4) is 5.75 Å². The average molecular weight is 503 g/mol. The highest BCUT2D eigenvalue weighted by molar-refractivity contribution is 7.92. The van der Waals surface area contributed by atoms with Gasteiger partial charge in [-0.15, -0.1) is 0 Å². The van der Waals surface area contributed by atoms with Gasteiger partial charge in [0.25, 0.3) is 15.9 Å². The minimum atomic E-state index is -3.81. The molecule has 0 saturated carbocycles. The van der Waals surface area contributed by atoms with E-state index in [2.05, 4.69) is 10.0 Å². The molecular weight excluding hydrogens is 480 g/mol. The predicted octanol–water partition coefficient (Wildman–Crippen LogP) is 4.64. The summed E-state index contributed by atoms with van der Waals surface area (Å²) in [6, 6.07) is 16.9. The van der Waals surface area contributed by atoms with Crippen LogP contribution >= 0.6 is 11.6 Å². The first kappa shape index (κ1) is 25.1. The molecule has 0 fully saturated rings. The van der Waals surface area contributed by atoms with Crippen LogP contribution in [-0.4, -0.2) is 33.5 Å². The van der Waals surface area contributed by atoms with E-state index >= 15 is 0 Å². The highest BCUT2D eigenvalue weighted by atomic mass is 35.5. The Morgan fingerprint density at radius 1 is 0.941 bits per heavy atom. The summed E-state index contributed by atoms with van der Waals surface area (Å²) in [5.41, 5.74) is 1.81. The van der Waals surface area contributed by atoms with E-state index in [1.165, 1.54) is 18.2 Å². The summed E-state index contributed by atoms with van der Waals surface area (Å²) >= 11 is 5.83. The van der Waals surface area contributed by atoms with E-state index in [0.29, 0.717) is 33.3 Å². The maximum atomic E-state index is 12.6. The number of amides is 1. The normalized spacial score (nSPS) is 10.9. The third-order valence-corrected chi connectivity index (χ3v) is 6.22. The highest BCUT2D eigenvalue weighted by Gasteiger charge is 2.16. The first-order valence-corrected chi connectivity index (χ1v) is 12.1. The first-order chi connectivity index (χ1) is 16.2. The van der Waals surface area contributed by atoms with E-state index in [4.69, 9.17) is 21.1 Å². The van der Waals surface area contributed by atoms with Gasteiger partial charge < -0.3 is 14.8 Å². The number of nitrogens with one attached hydrogen (secondary N) is 2. The van der Waals surface area contributed by atoms with E-state index in [9.17, 15) is 18.0 Å². The summed E-state index contributed by atoms with van der Waals surface area (Å²) < 4.78 is 38.2. The summed E-state index contributed by atoms with van der Waals surface area (Å²) in [4.78, 5) is 24.0. The van der Waals surface area contributed by atoms with E-state index in [0.717, 1.165) is 0 Å². The monoisotopic (exact) mass is 502 g/mol. The Morgan fingerprint density at radius 2 is 1.59 bits per heavy atom. The van der Waals surface area contributed by atoms with Gasteiger partial charge in [-0.2, -0.15) is 0 Å². The van der Waals surface area contributed by atoms with Crippen LogP contribution in [0.1, 0.15) is 22.8 Å². The molecule has 0 unspecified atom stereocenters. The summed E-state index contributed by atoms with van der Waals surface area (Å²) in [5.74, 6) is -0.476. The minimum absolute atomic E-state index is 0.0541. The van der Waals surface area contributed by atoms with Gasteiger partial charge in [0, 0.05) is 16.4 Å². The van der Waals surface area contributed by atoms with Crippen LogP contribution in [-0.2, 0) is 19.6 Å². The number of sulfonamides is 1. The molecule has 178 valence electrons. The SMILES string of the molecule is CCOC(=O)c1ccc(NC(=O)COc2ccc(S(=O)(=O)Nc3ccc(Cl)cc3)cc2C)cc1. The van der Waals surface area contributed by atoms with Gasteiger partial charge in [-0.1, -0.05) is 11.6 Å². The number of anilines is 2. The second-order valence-electron chi connectivity index (χ2n) is 7.17. The molecule has 3 rings (SSSR count). The van der Waals surface area contributed by atoms with Crippen molar-refractivity contribution < 1.29 is 27.5 Å². The first-order valence-electron chi connectivity index (χ1n) is 10.3. The van der Waals surface area contributed by atoms with E-state index < -0.39 is 21.9 Å². The minimum Gasteiger partial charge on any atom is -0.483 e. The number of ether oxygens (including phenoxy) is 2. The Morgan fingerprint density at radius 3 is 2.21 bits per heavy atom. The molecule has 8 nitrogen and oxygen atoms in total. The predicted molar refractivity (Wildman–Crippen MR) is 130 cm³/mol. The number of aryl methyl sites for hydroxylation is 1. The van der Waals surface area contributed by atoms with Crippen LogP contribution < -0.4 is 14.8 Å². The molecule has 3 aromatic rings. The second kappa shape index (κ2) is 11.0. The van der Waals surface area contributed by atoms with Gasteiger partial charge in [-0.3, -0.25) is 9.52 Å². The zero-order valence-electron chi connectivity index (χ0n) is 18.5. The number of rotatable bonds is 9. The van der Waals surface area contributed by atoms with Crippen molar-refractivity contribution in [1.29, 1.82) is 0 Å². The lowest BCUT2D eigenvalue weighted by Gasteiger charge is -2.12. The zero-order valence-corrected chi connectivity index (χ0v) is 20.1. The van der Waals surface area contributed by atoms with Gasteiger partial charge in [0.15, 0.2) is 6.61 Å². The average Bonchev–Trinajstić information content (AvgIpc) is 2.80. The summed E-state index contributed by atoms with van der Waals surface area (Å²) in [5, 5.41) is 3.16. The zero-order chi connectivity index (χ0) is 24.7. The van der Waals surface area contributed by atoms with Gasteiger partial charge in [0.1, 0.15) is 5.75 Å². The summed E-state index contributed by atoms with van der Waals surface area (Å²) in [6.07, 6.45) is 0. The molecule has 0 heterocycles. The van der Waals surface area contributed by atoms with Crippen LogP contribution in [0.3, 0.4) is 0 Å².